The number of nitrogens with zero attached hydrogens (tertiary/aromatic N) is 1. The third kappa shape index (κ3) is 5.30. The molecule has 1 aliphatic carbocycles. The summed E-state index contributed by atoms with van der Waals surface area (Å²) in [7, 11) is 0. The summed E-state index contributed by atoms with van der Waals surface area (Å²) in [6, 6.07) is 9.21. The quantitative estimate of drug-likeness (QED) is 0.670. The summed E-state index contributed by atoms with van der Waals surface area (Å²) in [5.41, 5.74) is 2.92. The Labute approximate surface area is 153 Å². The molecule has 3 rings (SSSR count). The lowest BCUT2D eigenvalue weighted by Gasteiger charge is -2.29. The number of aromatic nitrogens is 2. The largest absolute Gasteiger partial charge is 0.282 e. The predicted molar refractivity (Wildman–Crippen MR) is 103 cm³/mol. The maximum absolute atomic E-state index is 13.4. The van der Waals surface area contributed by atoms with Crippen LogP contribution in [0.2, 0.25) is 0 Å². The summed E-state index contributed by atoms with van der Waals surface area (Å²) < 4.78 is 20.3. The van der Waals surface area contributed by atoms with Crippen molar-refractivity contribution in [3.63, 3.8) is 0 Å². The van der Waals surface area contributed by atoms with Crippen LogP contribution >= 0.6 is 12.1 Å². The number of H-pyrrole nitrogens is 1. The van der Waals surface area contributed by atoms with Crippen molar-refractivity contribution in [3.8, 4) is 11.3 Å². The topological polar surface area (TPSA) is 52.7 Å². The number of halogens is 1. The van der Waals surface area contributed by atoms with Crippen LogP contribution < -0.4 is 9.44 Å². The first kappa shape index (κ1) is 18.4. The van der Waals surface area contributed by atoms with E-state index in [0.29, 0.717) is 12.0 Å². The number of hydrogen-bond donors (Lipinski definition) is 3. The molecule has 0 aliphatic heterocycles. The first-order valence-electron chi connectivity index (χ1n) is 8.90. The average Bonchev–Trinajstić information content (AvgIpc) is 3.04. The number of hydrogen-bond acceptors (Lipinski definition) is 4. The first-order chi connectivity index (χ1) is 11.9. The summed E-state index contributed by atoms with van der Waals surface area (Å²) >= 11 is 1.61. The summed E-state index contributed by atoms with van der Waals surface area (Å²) in [5.74, 6) is 0.281. The van der Waals surface area contributed by atoms with Gasteiger partial charge in [0.25, 0.3) is 0 Å². The molecule has 0 unspecified atom stereocenters. The molecule has 1 saturated carbocycles. The highest BCUT2D eigenvalue weighted by molar-refractivity contribution is 7.95. The van der Waals surface area contributed by atoms with Gasteiger partial charge in [-0.2, -0.15) is 5.10 Å². The van der Waals surface area contributed by atoms with Crippen LogP contribution in [0.1, 0.15) is 58.1 Å². The van der Waals surface area contributed by atoms with Crippen molar-refractivity contribution < 1.29 is 4.39 Å². The van der Waals surface area contributed by atoms with Crippen molar-refractivity contribution in [1.82, 2.24) is 19.6 Å². The molecule has 1 aromatic heterocycles. The lowest BCUT2D eigenvalue weighted by Crippen LogP contribution is -2.36. The Morgan fingerprint density at radius 1 is 1.16 bits per heavy atom. The second kappa shape index (κ2) is 7.89. The van der Waals surface area contributed by atoms with Crippen molar-refractivity contribution in [2.24, 2.45) is 0 Å². The van der Waals surface area contributed by atoms with E-state index in [0.717, 1.165) is 42.6 Å². The van der Waals surface area contributed by atoms with Crippen molar-refractivity contribution in [1.29, 1.82) is 0 Å². The third-order valence-electron chi connectivity index (χ3n) is 4.47. The highest BCUT2D eigenvalue weighted by Gasteiger charge is 2.24. The number of aromatic amines is 1. The molecule has 0 spiro atoms. The molecule has 6 heteroatoms. The van der Waals surface area contributed by atoms with Gasteiger partial charge in [0, 0.05) is 40.9 Å². The summed E-state index contributed by atoms with van der Waals surface area (Å²) in [5, 5.41) is 7.54. The molecule has 0 atom stereocenters. The molecule has 0 radical (unpaired) electrons. The monoisotopic (exact) mass is 362 g/mol. The number of nitrogens with one attached hydrogen (secondary N) is 3. The fourth-order valence-corrected chi connectivity index (χ4v) is 3.90. The second-order valence-electron chi connectivity index (χ2n) is 7.84. The Morgan fingerprint density at radius 2 is 1.92 bits per heavy atom. The van der Waals surface area contributed by atoms with Gasteiger partial charge in [-0.05, 0) is 64.7 Å². The smallest absolute Gasteiger partial charge is 0.123 e. The highest BCUT2D eigenvalue weighted by atomic mass is 32.2. The van der Waals surface area contributed by atoms with Gasteiger partial charge in [0.05, 0.1) is 5.69 Å². The Kier molecular flexibility index (Phi) is 5.81. The van der Waals surface area contributed by atoms with E-state index in [-0.39, 0.29) is 11.4 Å². The summed E-state index contributed by atoms with van der Waals surface area (Å²) in [4.78, 5) is 0. The van der Waals surface area contributed by atoms with Crippen LogP contribution in [0.5, 0.6) is 0 Å². The molecule has 4 nitrogen and oxygen atoms in total. The van der Waals surface area contributed by atoms with E-state index in [1.165, 1.54) is 12.1 Å². The normalized spacial score (nSPS) is 21.4. The van der Waals surface area contributed by atoms with E-state index >= 15 is 0 Å². The Hall–Kier alpha value is -1.37. The molecule has 0 bridgehead atoms. The van der Waals surface area contributed by atoms with E-state index in [2.05, 4.69) is 46.5 Å². The fourth-order valence-electron chi connectivity index (χ4n) is 3.13. The zero-order valence-electron chi connectivity index (χ0n) is 15.1. The molecular weight excluding hydrogens is 335 g/mol. The van der Waals surface area contributed by atoms with Crippen LogP contribution in [0, 0.1) is 5.82 Å². The van der Waals surface area contributed by atoms with Crippen LogP contribution in [-0.4, -0.2) is 21.8 Å². The summed E-state index contributed by atoms with van der Waals surface area (Å²) in [6.45, 7) is 6.48. The van der Waals surface area contributed by atoms with Gasteiger partial charge in [-0.15, -0.1) is 0 Å². The highest BCUT2D eigenvalue weighted by Crippen LogP contribution is 2.34. The molecule has 0 saturated heterocycles. The molecule has 0 amide bonds. The van der Waals surface area contributed by atoms with Crippen molar-refractivity contribution >= 4 is 12.1 Å². The Bertz CT molecular complexity index is 687. The molecule has 3 N–H and O–H groups in total. The van der Waals surface area contributed by atoms with Gasteiger partial charge in [0.2, 0.25) is 0 Å². The molecule has 1 fully saturated rings. The molecule has 1 aromatic carbocycles. The zero-order chi connectivity index (χ0) is 17.9. The maximum atomic E-state index is 13.4. The van der Waals surface area contributed by atoms with Gasteiger partial charge in [0.1, 0.15) is 5.82 Å². The SMILES string of the molecule is CC(C)(C)NSNC1CCC(c2cc(-c3cccc(F)c3)n[nH]2)CC1. The van der Waals surface area contributed by atoms with Crippen molar-refractivity contribution in [3.05, 3.63) is 41.8 Å². The maximum Gasteiger partial charge on any atom is 0.123 e. The molecular formula is C19H27FN4S. The lowest BCUT2D eigenvalue weighted by molar-refractivity contribution is 0.375. The Morgan fingerprint density at radius 3 is 2.60 bits per heavy atom. The summed E-state index contributed by atoms with van der Waals surface area (Å²) in [6.07, 6.45) is 4.58. The van der Waals surface area contributed by atoms with Gasteiger partial charge in [-0.1, -0.05) is 12.1 Å². The Balaban J connectivity index is 1.52. The minimum atomic E-state index is -0.227. The second-order valence-corrected chi connectivity index (χ2v) is 8.48. The molecule has 2 aromatic rings. The van der Waals surface area contributed by atoms with Gasteiger partial charge in [0.15, 0.2) is 0 Å². The van der Waals surface area contributed by atoms with Crippen molar-refractivity contribution in [2.45, 2.75) is 64.0 Å². The van der Waals surface area contributed by atoms with E-state index < -0.39 is 0 Å². The minimum Gasteiger partial charge on any atom is -0.282 e. The number of rotatable bonds is 5. The zero-order valence-corrected chi connectivity index (χ0v) is 15.9. The van der Waals surface area contributed by atoms with E-state index in [1.54, 1.807) is 18.2 Å². The van der Waals surface area contributed by atoms with Gasteiger partial charge < -0.3 is 0 Å². The molecule has 1 heterocycles. The van der Waals surface area contributed by atoms with Crippen LogP contribution in [0.25, 0.3) is 11.3 Å². The van der Waals surface area contributed by atoms with Crippen LogP contribution in [0.4, 0.5) is 4.39 Å². The number of benzene rings is 1. The average molecular weight is 363 g/mol. The van der Waals surface area contributed by atoms with Gasteiger partial charge >= 0.3 is 0 Å². The molecule has 136 valence electrons. The van der Waals surface area contributed by atoms with Gasteiger partial charge in [-0.25, -0.2) is 13.8 Å². The van der Waals surface area contributed by atoms with Crippen LogP contribution in [0.15, 0.2) is 30.3 Å². The van der Waals surface area contributed by atoms with Gasteiger partial charge in [-0.3, -0.25) is 5.10 Å². The van der Waals surface area contributed by atoms with Crippen LogP contribution in [-0.2, 0) is 0 Å². The predicted octanol–water partition coefficient (Wildman–Crippen LogP) is 4.78. The van der Waals surface area contributed by atoms with Crippen LogP contribution in [0.3, 0.4) is 0 Å². The lowest BCUT2D eigenvalue weighted by atomic mass is 9.84. The minimum absolute atomic E-state index is 0.109. The fraction of sp³-hybridized carbons (Fsp3) is 0.526. The van der Waals surface area contributed by atoms with E-state index in [9.17, 15) is 4.39 Å². The third-order valence-corrected chi connectivity index (χ3v) is 5.63. The van der Waals surface area contributed by atoms with Crippen molar-refractivity contribution in [2.75, 3.05) is 0 Å². The van der Waals surface area contributed by atoms with E-state index in [1.807, 2.05) is 6.07 Å². The molecule has 1 aliphatic rings. The first-order valence-corrected chi connectivity index (χ1v) is 9.72. The molecule has 25 heavy (non-hydrogen) atoms. The standard InChI is InChI=1S/C19H27FN4S/c1-19(2,3)24-25-23-16-9-7-13(8-10-16)17-12-18(22-21-17)14-5-4-6-15(20)11-14/h4-6,11-13,16,23-24H,7-10H2,1-3H3,(H,21,22). The van der Waals surface area contributed by atoms with E-state index in [4.69, 9.17) is 0 Å².